The van der Waals surface area contributed by atoms with Gasteiger partial charge in [0.25, 0.3) is 5.91 Å². The number of hydrogen-bond acceptors (Lipinski definition) is 5. The van der Waals surface area contributed by atoms with E-state index in [4.69, 9.17) is 4.74 Å². The molecule has 0 unspecified atom stereocenters. The second-order valence-corrected chi connectivity index (χ2v) is 9.95. The van der Waals surface area contributed by atoms with Crippen LogP contribution in [0.25, 0.3) is 0 Å². The molecule has 4 rings (SSSR count). The molecule has 1 aliphatic rings. The molecule has 0 atom stereocenters. The van der Waals surface area contributed by atoms with Crippen LogP contribution >= 0.6 is 0 Å². The van der Waals surface area contributed by atoms with Crippen molar-refractivity contribution < 1.29 is 14.3 Å². The van der Waals surface area contributed by atoms with Crippen LogP contribution in [0, 0.1) is 0 Å². The quantitative estimate of drug-likeness (QED) is 0.474. The normalized spacial score (nSPS) is 14.2. The summed E-state index contributed by atoms with van der Waals surface area (Å²) in [7, 11) is 0. The van der Waals surface area contributed by atoms with Gasteiger partial charge < -0.3 is 15.0 Å². The Kier molecular flexibility index (Phi) is 7.90. The Labute approximate surface area is 213 Å². The first-order valence-electron chi connectivity index (χ1n) is 12.3. The molecule has 0 bridgehead atoms. The standard InChI is InChI=1S/C29H34N4O3/c1-29(2,3)36-28(35)31-25-11-9-23(10-12-25)27(34)30-24-13-15-26(16-14-24)33-19-17-32(18-20-33)21-22-7-5-4-6-8-22/h4-16H,17-21H2,1-3H3,(H,30,34)(H,31,35). The molecule has 0 saturated carbocycles. The van der Waals surface area contributed by atoms with E-state index in [1.165, 1.54) is 5.56 Å². The maximum Gasteiger partial charge on any atom is 0.412 e. The molecule has 1 fully saturated rings. The molecular formula is C29H34N4O3. The summed E-state index contributed by atoms with van der Waals surface area (Å²) < 4.78 is 5.25. The van der Waals surface area contributed by atoms with Gasteiger partial charge in [0.1, 0.15) is 5.60 Å². The van der Waals surface area contributed by atoms with E-state index in [2.05, 4.69) is 62.9 Å². The summed E-state index contributed by atoms with van der Waals surface area (Å²) in [6, 6.07) is 25.3. The summed E-state index contributed by atoms with van der Waals surface area (Å²) in [6.07, 6.45) is -0.530. The second-order valence-electron chi connectivity index (χ2n) is 9.95. The predicted octanol–water partition coefficient (Wildman–Crippen LogP) is 5.61. The summed E-state index contributed by atoms with van der Waals surface area (Å²) in [5.74, 6) is -0.207. The van der Waals surface area contributed by atoms with Crippen molar-refractivity contribution in [1.29, 1.82) is 0 Å². The zero-order chi connectivity index (χ0) is 25.5. The molecule has 2 N–H and O–H groups in total. The van der Waals surface area contributed by atoms with E-state index in [1.54, 1.807) is 45.0 Å². The fourth-order valence-electron chi connectivity index (χ4n) is 4.09. The summed E-state index contributed by atoms with van der Waals surface area (Å²) in [6.45, 7) is 10.4. The highest BCUT2D eigenvalue weighted by Gasteiger charge is 2.18. The van der Waals surface area contributed by atoms with Gasteiger partial charge in [0.2, 0.25) is 0 Å². The van der Waals surface area contributed by atoms with Crippen molar-refractivity contribution in [3.63, 3.8) is 0 Å². The molecule has 0 spiro atoms. The van der Waals surface area contributed by atoms with Crippen molar-refractivity contribution in [2.45, 2.75) is 32.9 Å². The van der Waals surface area contributed by atoms with Crippen molar-refractivity contribution in [2.24, 2.45) is 0 Å². The summed E-state index contributed by atoms with van der Waals surface area (Å²) in [5, 5.41) is 5.60. The van der Waals surface area contributed by atoms with Crippen molar-refractivity contribution in [2.75, 3.05) is 41.7 Å². The van der Waals surface area contributed by atoms with Gasteiger partial charge >= 0.3 is 6.09 Å². The topological polar surface area (TPSA) is 73.9 Å². The number of anilines is 3. The number of carbonyl (C=O) groups is 2. The number of rotatable bonds is 6. The molecule has 1 aliphatic heterocycles. The predicted molar refractivity (Wildman–Crippen MR) is 145 cm³/mol. The zero-order valence-corrected chi connectivity index (χ0v) is 21.2. The molecule has 36 heavy (non-hydrogen) atoms. The lowest BCUT2D eigenvalue weighted by atomic mass is 10.1. The minimum absolute atomic E-state index is 0.207. The number of hydrogen-bond donors (Lipinski definition) is 2. The van der Waals surface area contributed by atoms with Crippen molar-refractivity contribution in [3.05, 3.63) is 90.0 Å². The highest BCUT2D eigenvalue weighted by atomic mass is 16.6. The summed E-state index contributed by atoms with van der Waals surface area (Å²) in [5.41, 5.74) is 3.74. The van der Waals surface area contributed by atoms with Crippen LogP contribution in [0.5, 0.6) is 0 Å². The fourth-order valence-corrected chi connectivity index (χ4v) is 4.09. The third-order valence-electron chi connectivity index (χ3n) is 5.90. The van der Waals surface area contributed by atoms with E-state index < -0.39 is 11.7 Å². The number of carbonyl (C=O) groups excluding carboxylic acids is 2. The van der Waals surface area contributed by atoms with Gasteiger partial charge in [0.15, 0.2) is 0 Å². The molecule has 7 nitrogen and oxygen atoms in total. The number of piperazine rings is 1. The van der Waals surface area contributed by atoms with Gasteiger partial charge in [-0.1, -0.05) is 30.3 Å². The van der Waals surface area contributed by atoms with Gasteiger partial charge in [-0.3, -0.25) is 15.0 Å². The molecule has 2 amide bonds. The van der Waals surface area contributed by atoms with Crippen LogP contribution < -0.4 is 15.5 Å². The van der Waals surface area contributed by atoms with E-state index in [0.29, 0.717) is 11.3 Å². The third kappa shape index (κ3) is 7.33. The van der Waals surface area contributed by atoms with Crippen molar-refractivity contribution >= 4 is 29.1 Å². The van der Waals surface area contributed by atoms with Crippen LogP contribution in [-0.4, -0.2) is 48.7 Å². The average Bonchev–Trinajstić information content (AvgIpc) is 2.85. The third-order valence-corrected chi connectivity index (χ3v) is 5.90. The lowest BCUT2D eigenvalue weighted by Gasteiger charge is -2.36. The smallest absolute Gasteiger partial charge is 0.412 e. The summed E-state index contributed by atoms with van der Waals surface area (Å²) >= 11 is 0. The van der Waals surface area contributed by atoms with E-state index in [1.807, 2.05) is 12.1 Å². The van der Waals surface area contributed by atoms with E-state index in [0.717, 1.165) is 44.1 Å². The maximum atomic E-state index is 12.7. The number of benzene rings is 3. The number of ether oxygens (including phenoxy) is 1. The van der Waals surface area contributed by atoms with Gasteiger partial charge in [-0.05, 0) is 74.9 Å². The first-order valence-corrected chi connectivity index (χ1v) is 12.3. The van der Waals surface area contributed by atoms with Crippen LogP contribution in [0.4, 0.5) is 21.9 Å². The van der Waals surface area contributed by atoms with Gasteiger partial charge in [-0.2, -0.15) is 0 Å². The Hall–Kier alpha value is -3.84. The largest absolute Gasteiger partial charge is 0.444 e. The second kappa shape index (κ2) is 11.3. The van der Waals surface area contributed by atoms with Crippen LogP contribution in [0.1, 0.15) is 36.7 Å². The Bertz CT molecular complexity index is 1150. The zero-order valence-electron chi connectivity index (χ0n) is 21.2. The molecule has 7 heteroatoms. The van der Waals surface area contributed by atoms with Crippen LogP contribution in [0.2, 0.25) is 0 Å². The molecule has 0 radical (unpaired) electrons. The molecule has 1 heterocycles. The highest BCUT2D eigenvalue weighted by Crippen LogP contribution is 2.21. The van der Waals surface area contributed by atoms with E-state index in [9.17, 15) is 9.59 Å². The minimum atomic E-state index is -0.573. The monoisotopic (exact) mass is 486 g/mol. The molecule has 0 aromatic heterocycles. The average molecular weight is 487 g/mol. The molecule has 1 saturated heterocycles. The van der Waals surface area contributed by atoms with Gasteiger partial charge in [0.05, 0.1) is 0 Å². The Balaban J connectivity index is 1.26. The first kappa shape index (κ1) is 25.3. The SMILES string of the molecule is CC(C)(C)OC(=O)Nc1ccc(C(=O)Nc2ccc(N3CCN(Cc4ccccc4)CC3)cc2)cc1. The molecule has 0 aliphatic carbocycles. The molecular weight excluding hydrogens is 452 g/mol. The lowest BCUT2D eigenvalue weighted by molar-refractivity contribution is 0.0636. The fraction of sp³-hybridized carbons (Fsp3) is 0.310. The molecule has 3 aromatic rings. The van der Waals surface area contributed by atoms with E-state index >= 15 is 0 Å². The maximum absolute atomic E-state index is 12.7. The molecule has 3 aromatic carbocycles. The Morgan fingerprint density at radius 3 is 1.97 bits per heavy atom. The first-order chi connectivity index (χ1) is 17.2. The Morgan fingerprint density at radius 2 is 1.36 bits per heavy atom. The summed E-state index contributed by atoms with van der Waals surface area (Å²) in [4.78, 5) is 29.4. The van der Waals surface area contributed by atoms with Gasteiger partial charge in [-0.25, -0.2) is 4.79 Å². The van der Waals surface area contributed by atoms with Gasteiger partial charge in [-0.15, -0.1) is 0 Å². The number of nitrogens with zero attached hydrogens (tertiary/aromatic N) is 2. The Morgan fingerprint density at radius 1 is 0.778 bits per heavy atom. The number of nitrogens with one attached hydrogen (secondary N) is 2. The van der Waals surface area contributed by atoms with Gasteiger partial charge in [0, 0.05) is 55.3 Å². The number of amides is 2. The lowest BCUT2D eigenvalue weighted by Crippen LogP contribution is -2.45. The van der Waals surface area contributed by atoms with Crippen molar-refractivity contribution in [3.8, 4) is 0 Å². The van der Waals surface area contributed by atoms with Crippen molar-refractivity contribution in [1.82, 2.24) is 4.90 Å². The molecule has 188 valence electrons. The van der Waals surface area contributed by atoms with Crippen LogP contribution in [-0.2, 0) is 11.3 Å². The van der Waals surface area contributed by atoms with Crippen LogP contribution in [0.3, 0.4) is 0 Å². The van der Waals surface area contributed by atoms with E-state index in [-0.39, 0.29) is 5.91 Å². The highest BCUT2D eigenvalue weighted by molar-refractivity contribution is 6.04. The van der Waals surface area contributed by atoms with Crippen LogP contribution in [0.15, 0.2) is 78.9 Å². The minimum Gasteiger partial charge on any atom is -0.444 e.